The van der Waals surface area contributed by atoms with Gasteiger partial charge in [-0.25, -0.2) is 15.0 Å². The first-order chi connectivity index (χ1) is 35.6. The van der Waals surface area contributed by atoms with Crippen molar-refractivity contribution in [3.63, 3.8) is 0 Å². The third kappa shape index (κ3) is 5.76. The highest BCUT2D eigenvalue weighted by molar-refractivity contribution is 6.17. The molecule has 0 N–H and O–H groups in total. The second-order valence-electron chi connectivity index (χ2n) is 18.8. The molecule has 16 aromatic rings. The zero-order valence-electron chi connectivity index (χ0n) is 38.4. The third-order valence-corrected chi connectivity index (χ3v) is 14.7. The normalized spacial score (nSPS) is 12.2. The number of benzene rings is 11. The quantitative estimate of drug-likeness (QED) is 0.172. The number of nitrogens with zero attached hydrogens (tertiary/aromatic N) is 5. The van der Waals surface area contributed by atoms with E-state index in [-0.39, 0.29) is 0 Å². The van der Waals surface area contributed by atoms with Gasteiger partial charge in [-0.1, -0.05) is 133 Å². The molecule has 0 aliphatic rings. The van der Waals surface area contributed by atoms with E-state index in [0.29, 0.717) is 23.1 Å². The molecule has 0 spiro atoms. The van der Waals surface area contributed by atoms with E-state index in [4.69, 9.17) is 23.8 Å². The van der Waals surface area contributed by atoms with Crippen molar-refractivity contribution in [2.75, 3.05) is 0 Å². The molecule has 11 aromatic carbocycles. The van der Waals surface area contributed by atoms with Gasteiger partial charge in [-0.3, -0.25) is 0 Å². The van der Waals surface area contributed by atoms with Gasteiger partial charge in [0.05, 0.1) is 27.6 Å². The maximum absolute atomic E-state index is 7.07. The Morgan fingerprint density at radius 2 is 0.806 bits per heavy atom. The smallest absolute Gasteiger partial charge is 0.167 e. The summed E-state index contributed by atoms with van der Waals surface area (Å²) in [5, 5.41) is 13.3. The van der Waals surface area contributed by atoms with Gasteiger partial charge < -0.3 is 18.0 Å². The second kappa shape index (κ2) is 14.8. The van der Waals surface area contributed by atoms with Crippen molar-refractivity contribution in [1.29, 1.82) is 0 Å². The number of fused-ring (bicyclic) bond motifs is 14. The molecule has 0 unspecified atom stereocenters. The zero-order chi connectivity index (χ0) is 47.0. The summed E-state index contributed by atoms with van der Waals surface area (Å²) in [6.45, 7) is 0. The van der Waals surface area contributed by atoms with Crippen molar-refractivity contribution >= 4 is 109 Å². The molecule has 0 bridgehead atoms. The summed E-state index contributed by atoms with van der Waals surface area (Å²) in [5.41, 5.74) is 12.0. The molecule has 0 fully saturated rings. The molecule has 0 saturated heterocycles. The molecular formula is C65H37N5O2. The molecule has 0 saturated carbocycles. The van der Waals surface area contributed by atoms with Crippen LogP contribution in [0.1, 0.15) is 0 Å². The van der Waals surface area contributed by atoms with Crippen molar-refractivity contribution in [3.05, 3.63) is 224 Å². The number of rotatable bonds is 5. The number of para-hydroxylation sites is 4. The molecule has 0 aliphatic carbocycles. The van der Waals surface area contributed by atoms with E-state index in [0.717, 1.165) is 105 Å². The van der Waals surface area contributed by atoms with Crippen molar-refractivity contribution in [2.24, 2.45) is 0 Å². The Morgan fingerprint density at radius 3 is 1.57 bits per heavy atom. The van der Waals surface area contributed by atoms with Crippen LogP contribution in [-0.4, -0.2) is 24.1 Å². The minimum atomic E-state index is 0.498. The van der Waals surface area contributed by atoms with Crippen molar-refractivity contribution in [1.82, 2.24) is 24.1 Å². The Morgan fingerprint density at radius 1 is 0.278 bits per heavy atom. The maximum Gasteiger partial charge on any atom is 0.167 e. The molecule has 5 heterocycles. The topological polar surface area (TPSA) is 74.8 Å². The lowest BCUT2D eigenvalue weighted by molar-refractivity contribution is 0.669. The average molecular weight is 920 g/mol. The van der Waals surface area contributed by atoms with Gasteiger partial charge in [0.2, 0.25) is 0 Å². The predicted molar refractivity (Wildman–Crippen MR) is 294 cm³/mol. The van der Waals surface area contributed by atoms with Crippen LogP contribution in [0.4, 0.5) is 0 Å². The first-order valence-electron chi connectivity index (χ1n) is 24.2. The van der Waals surface area contributed by atoms with E-state index in [1.807, 2.05) is 30.3 Å². The van der Waals surface area contributed by atoms with Crippen LogP contribution in [0.15, 0.2) is 233 Å². The van der Waals surface area contributed by atoms with Crippen LogP contribution >= 0.6 is 0 Å². The molecule has 7 heteroatoms. The Bertz CT molecular complexity index is 4940. The molecule has 7 nitrogen and oxygen atoms in total. The van der Waals surface area contributed by atoms with Gasteiger partial charge in [0, 0.05) is 65.6 Å². The number of aromatic nitrogens is 5. The number of hydrogen-bond acceptors (Lipinski definition) is 5. The summed E-state index contributed by atoms with van der Waals surface area (Å²) in [7, 11) is 0. The molecule has 72 heavy (non-hydrogen) atoms. The second-order valence-corrected chi connectivity index (χ2v) is 18.8. The van der Waals surface area contributed by atoms with Crippen LogP contribution < -0.4 is 0 Å². The Kier molecular flexibility index (Phi) is 8.04. The van der Waals surface area contributed by atoms with Crippen LogP contribution in [0, 0.1) is 0 Å². The first-order valence-corrected chi connectivity index (χ1v) is 24.2. The van der Waals surface area contributed by atoms with Gasteiger partial charge in [0.15, 0.2) is 17.5 Å². The lowest BCUT2D eigenvalue weighted by atomic mass is 10.0. The van der Waals surface area contributed by atoms with Crippen molar-refractivity contribution < 1.29 is 8.83 Å². The minimum Gasteiger partial charge on any atom is -0.456 e. The van der Waals surface area contributed by atoms with Gasteiger partial charge in [-0.15, -0.1) is 0 Å². The van der Waals surface area contributed by atoms with Crippen LogP contribution in [0.25, 0.3) is 155 Å². The SMILES string of the molecule is c1ccc(-n2c3ccccc3c3ccc(-c4nc(-c5ccc6oc7ccccc7c6c5)nc(-c5cc(-n6c7ccccc7c7cc8ccccc8cc76)cc6c5oc5cc7ccccc7cc56)n4)cc32)cc1. The van der Waals surface area contributed by atoms with Gasteiger partial charge in [-0.05, 0) is 113 Å². The van der Waals surface area contributed by atoms with Crippen LogP contribution in [0.5, 0.6) is 0 Å². The summed E-state index contributed by atoms with van der Waals surface area (Å²) < 4.78 is 18.1. The fourth-order valence-corrected chi connectivity index (χ4v) is 11.4. The van der Waals surface area contributed by atoms with Crippen LogP contribution in [0.2, 0.25) is 0 Å². The van der Waals surface area contributed by atoms with E-state index in [1.54, 1.807) is 0 Å². The summed E-state index contributed by atoms with van der Waals surface area (Å²) in [5.74, 6) is 1.58. The van der Waals surface area contributed by atoms with E-state index < -0.39 is 0 Å². The van der Waals surface area contributed by atoms with Gasteiger partial charge in [0.1, 0.15) is 22.3 Å². The molecule has 16 rings (SSSR count). The maximum atomic E-state index is 7.07. The van der Waals surface area contributed by atoms with Gasteiger partial charge in [0.25, 0.3) is 0 Å². The first kappa shape index (κ1) is 39.0. The molecular weight excluding hydrogens is 883 g/mol. The summed E-state index contributed by atoms with van der Waals surface area (Å²) in [6.07, 6.45) is 0. The fraction of sp³-hybridized carbons (Fsp3) is 0. The largest absolute Gasteiger partial charge is 0.456 e. The lowest BCUT2D eigenvalue weighted by Gasteiger charge is -2.13. The summed E-state index contributed by atoms with van der Waals surface area (Å²) >= 11 is 0. The number of furan rings is 2. The fourth-order valence-electron chi connectivity index (χ4n) is 11.4. The number of hydrogen-bond donors (Lipinski definition) is 0. The predicted octanol–water partition coefficient (Wildman–Crippen LogP) is 17.2. The average Bonchev–Trinajstić information content (AvgIpc) is 4.18. The van der Waals surface area contributed by atoms with Crippen molar-refractivity contribution in [2.45, 2.75) is 0 Å². The van der Waals surface area contributed by atoms with Gasteiger partial charge in [-0.2, -0.15) is 0 Å². The molecule has 0 amide bonds. The highest BCUT2D eigenvalue weighted by atomic mass is 16.3. The lowest BCUT2D eigenvalue weighted by Crippen LogP contribution is -2.02. The molecule has 334 valence electrons. The summed E-state index contributed by atoms with van der Waals surface area (Å²) in [4.78, 5) is 16.4. The van der Waals surface area contributed by atoms with Crippen LogP contribution in [-0.2, 0) is 0 Å². The molecule has 0 radical (unpaired) electrons. The minimum absolute atomic E-state index is 0.498. The Hall–Kier alpha value is -9.85. The molecule has 0 aliphatic heterocycles. The standard InChI is InChI=1S/C65H37N5O2/c1-2-18-44(19-3-1)69-55-23-11-8-20-46(55)48-28-26-43(34-57(48)69)64-66-63(42-27-29-60-51(32-42)49-22-10-13-25-59(49)71-60)67-65(68-64)54-37-45(36-53-52-31-39-15-5-7-17-41(39)35-61(52)72-62(53)54)70-56-24-12-9-21-47(56)50-30-38-14-4-6-16-40(38)33-58(50)70/h1-37H. The van der Waals surface area contributed by atoms with E-state index in [9.17, 15) is 0 Å². The highest BCUT2D eigenvalue weighted by Crippen LogP contribution is 2.43. The van der Waals surface area contributed by atoms with E-state index in [2.05, 4.69) is 203 Å². The van der Waals surface area contributed by atoms with Crippen LogP contribution in [0.3, 0.4) is 0 Å². The van der Waals surface area contributed by atoms with E-state index >= 15 is 0 Å². The molecule has 0 atom stereocenters. The highest BCUT2D eigenvalue weighted by Gasteiger charge is 2.24. The molecule has 5 aromatic heterocycles. The Labute approximate surface area is 410 Å². The zero-order valence-corrected chi connectivity index (χ0v) is 38.4. The van der Waals surface area contributed by atoms with E-state index in [1.165, 1.54) is 26.9 Å². The monoisotopic (exact) mass is 919 g/mol. The summed E-state index contributed by atoms with van der Waals surface area (Å²) in [6, 6.07) is 79.3. The van der Waals surface area contributed by atoms with Crippen molar-refractivity contribution in [3.8, 4) is 45.5 Å². The van der Waals surface area contributed by atoms with Gasteiger partial charge >= 0.3 is 0 Å². The third-order valence-electron chi connectivity index (χ3n) is 14.7. The Balaban J connectivity index is 1.01.